The molecule has 122 valence electrons. The number of benzene rings is 1. The van der Waals surface area contributed by atoms with E-state index >= 15 is 0 Å². The van der Waals surface area contributed by atoms with Gasteiger partial charge in [0, 0.05) is 16.7 Å². The molecule has 1 heterocycles. The molecule has 1 atom stereocenters. The molecule has 0 aliphatic rings. The van der Waals surface area contributed by atoms with Crippen LogP contribution >= 0.6 is 0 Å². The van der Waals surface area contributed by atoms with E-state index in [0.29, 0.717) is 28.2 Å². The lowest BCUT2D eigenvalue weighted by molar-refractivity contribution is 0.0514. The van der Waals surface area contributed by atoms with Crippen LogP contribution in [0.5, 0.6) is 0 Å². The van der Waals surface area contributed by atoms with Crippen molar-refractivity contribution in [3.05, 3.63) is 58.5 Å². The molecule has 5 nitrogen and oxygen atoms in total. The highest BCUT2D eigenvalue weighted by molar-refractivity contribution is 5.97. The highest BCUT2D eigenvalue weighted by Gasteiger charge is 2.28. The Morgan fingerprint density at radius 2 is 1.74 bits per heavy atom. The van der Waals surface area contributed by atoms with Crippen molar-refractivity contribution in [1.82, 2.24) is 5.32 Å². The molecule has 0 radical (unpaired) electrons. The van der Waals surface area contributed by atoms with Gasteiger partial charge in [0.15, 0.2) is 5.78 Å². The molecular formula is C18H21NO4. The van der Waals surface area contributed by atoms with Crippen molar-refractivity contribution in [1.29, 1.82) is 0 Å². The number of carbonyl (C=O) groups excluding carboxylic acids is 2. The second kappa shape index (κ2) is 6.38. The Kier molecular flexibility index (Phi) is 4.71. The molecule has 5 heteroatoms. The van der Waals surface area contributed by atoms with Crippen LogP contribution in [0.15, 0.2) is 34.7 Å². The van der Waals surface area contributed by atoms with Crippen LogP contribution in [-0.4, -0.2) is 23.3 Å². The summed E-state index contributed by atoms with van der Waals surface area (Å²) in [5.41, 5.74) is 0.419. The highest BCUT2D eigenvalue weighted by atomic mass is 16.3. The van der Waals surface area contributed by atoms with Crippen molar-refractivity contribution in [2.75, 3.05) is 6.54 Å². The number of hydrogen-bond acceptors (Lipinski definition) is 4. The van der Waals surface area contributed by atoms with Crippen molar-refractivity contribution in [3.63, 3.8) is 0 Å². The van der Waals surface area contributed by atoms with Gasteiger partial charge >= 0.3 is 0 Å². The standard InChI is InChI=1S/C18H21NO4/c1-11-9-16(13(3)23-11)18(4,22)10-19-17(21)15-7-5-14(6-8-15)12(2)20/h5-9,22H,10H2,1-4H3,(H,19,21). The first-order valence-electron chi connectivity index (χ1n) is 7.40. The van der Waals surface area contributed by atoms with Crippen LogP contribution in [0.3, 0.4) is 0 Å². The number of aryl methyl sites for hydroxylation is 2. The van der Waals surface area contributed by atoms with Gasteiger partial charge in [0.1, 0.15) is 17.1 Å². The fourth-order valence-corrected chi connectivity index (χ4v) is 2.47. The Morgan fingerprint density at radius 1 is 1.17 bits per heavy atom. The fourth-order valence-electron chi connectivity index (χ4n) is 2.47. The summed E-state index contributed by atoms with van der Waals surface area (Å²) in [7, 11) is 0. The molecule has 1 aromatic heterocycles. The maximum Gasteiger partial charge on any atom is 0.251 e. The molecule has 0 fully saturated rings. The van der Waals surface area contributed by atoms with Crippen LogP contribution < -0.4 is 5.32 Å². The molecule has 2 N–H and O–H groups in total. The van der Waals surface area contributed by atoms with Crippen LogP contribution in [-0.2, 0) is 5.60 Å². The number of hydrogen-bond donors (Lipinski definition) is 2. The van der Waals surface area contributed by atoms with E-state index in [9.17, 15) is 14.7 Å². The van der Waals surface area contributed by atoms with Crippen LogP contribution in [0, 0.1) is 13.8 Å². The average Bonchev–Trinajstić information content (AvgIpc) is 2.84. The van der Waals surface area contributed by atoms with Crippen molar-refractivity contribution in [3.8, 4) is 0 Å². The van der Waals surface area contributed by atoms with Gasteiger partial charge in [0.25, 0.3) is 5.91 Å². The third kappa shape index (κ3) is 3.87. The lowest BCUT2D eigenvalue weighted by Gasteiger charge is -2.23. The Bertz CT molecular complexity index is 726. The Hall–Kier alpha value is -2.40. The summed E-state index contributed by atoms with van der Waals surface area (Å²) in [6.45, 7) is 6.74. The molecule has 1 unspecified atom stereocenters. The SMILES string of the molecule is CC(=O)c1ccc(C(=O)NCC(C)(O)c2cc(C)oc2C)cc1. The fraction of sp³-hybridized carbons (Fsp3) is 0.333. The second-order valence-electron chi connectivity index (χ2n) is 5.92. The summed E-state index contributed by atoms with van der Waals surface area (Å²) in [6.07, 6.45) is 0. The number of amides is 1. The van der Waals surface area contributed by atoms with Gasteiger partial charge in [-0.25, -0.2) is 0 Å². The van der Waals surface area contributed by atoms with Crippen LogP contribution in [0.2, 0.25) is 0 Å². The predicted molar refractivity (Wildman–Crippen MR) is 86.5 cm³/mol. The minimum Gasteiger partial charge on any atom is -0.466 e. The molecule has 0 saturated carbocycles. The zero-order chi connectivity index (χ0) is 17.2. The number of furan rings is 1. The number of ketones is 1. The molecular weight excluding hydrogens is 294 g/mol. The molecule has 1 amide bonds. The van der Waals surface area contributed by atoms with E-state index in [0.717, 1.165) is 0 Å². The van der Waals surface area contributed by atoms with Gasteiger partial charge in [-0.2, -0.15) is 0 Å². The monoisotopic (exact) mass is 315 g/mol. The highest BCUT2D eigenvalue weighted by Crippen LogP contribution is 2.26. The average molecular weight is 315 g/mol. The maximum absolute atomic E-state index is 12.2. The minimum atomic E-state index is -1.23. The van der Waals surface area contributed by atoms with E-state index in [2.05, 4.69) is 5.32 Å². The first-order valence-corrected chi connectivity index (χ1v) is 7.40. The van der Waals surface area contributed by atoms with Crippen LogP contribution in [0.1, 0.15) is 51.6 Å². The molecule has 2 aromatic rings. The van der Waals surface area contributed by atoms with Gasteiger partial charge in [-0.3, -0.25) is 9.59 Å². The first kappa shape index (κ1) is 17.0. The Balaban J connectivity index is 2.06. The van der Waals surface area contributed by atoms with Crippen molar-refractivity contribution in [2.24, 2.45) is 0 Å². The van der Waals surface area contributed by atoms with Crippen molar-refractivity contribution in [2.45, 2.75) is 33.3 Å². The zero-order valence-corrected chi connectivity index (χ0v) is 13.8. The van der Waals surface area contributed by atoms with Gasteiger partial charge in [-0.15, -0.1) is 0 Å². The minimum absolute atomic E-state index is 0.0503. The Morgan fingerprint density at radius 3 is 2.22 bits per heavy atom. The van der Waals surface area contributed by atoms with E-state index in [-0.39, 0.29) is 18.2 Å². The number of Topliss-reactive ketones (excluding diaryl/α,β-unsaturated/α-hetero) is 1. The van der Waals surface area contributed by atoms with Gasteiger partial charge in [0.2, 0.25) is 0 Å². The largest absolute Gasteiger partial charge is 0.466 e. The summed E-state index contributed by atoms with van der Waals surface area (Å²) in [5.74, 6) is 0.987. The van der Waals surface area contributed by atoms with Crippen LogP contribution in [0.25, 0.3) is 0 Å². The van der Waals surface area contributed by atoms with Gasteiger partial charge in [0.05, 0.1) is 6.54 Å². The van der Waals surface area contributed by atoms with Crippen molar-refractivity contribution >= 4 is 11.7 Å². The van der Waals surface area contributed by atoms with E-state index in [1.165, 1.54) is 6.92 Å². The molecule has 0 spiro atoms. The van der Waals surface area contributed by atoms with E-state index in [1.54, 1.807) is 44.2 Å². The molecule has 0 aliphatic heterocycles. The van der Waals surface area contributed by atoms with Gasteiger partial charge < -0.3 is 14.8 Å². The number of rotatable bonds is 5. The topological polar surface area (TPSA) is 79.5 Å². The number of carbonyl (C=O) groups is 2. The smallest absolute Gasteiger partial charge is 0.251 e. The summed E-state index contributed by atoms with van der Waals surface area (Å²) >= 11 is 0. The zero-order valence-electron chi connectivity index (χ0n) is 13.8. The second-order valence-corrected chi connectivity index (χ2v) is 5.92. The van der Waals surface area contributed by atoms with Gasteiger partial charge in [-0.05, 0) is 45.9 Å². The summed E-state index contributed by atoms with van der Waals surface area (Å²) < 4.78 is 5.42. The number of aliphatic hydroxyl groups is 1. The normalized spacial score (nSPS) is 13.4. The molecule has 2 rings (SSSR count). The Labute approximate surface area is 135 Å². The molecule has 1 aromatic carbocycles. The van der Waals surface area contributed by atoms with Gasteiger partial charge in [-0.1, -0.05) is 12.1 Å². The van der Waals surface area contributed by atoms with E-state index in [1.807, 2.05) is 6.92 Å². The quantitative estimate of drug-likeness (QED) is 0.832. The lowest BCUT2D eigenvalue weighted by Crippen LogP contribution is -2.38. The van der Waals surface area contributed by atoms with E-state index in [4.69, 9.17) is 4.42 Å². The van der Waals surface area contributed by atoms with Crippen LogP contribution in [0.4, 0.5) is 0 Å². The third-order valence-corrected chi connectivity index (χ3v) is 3.77. The predicted octanol–water partition coefficient (Wildman–Crippen LogP) is 2.74. The molecule has 0 aliphatic carbocycles. The summed E-state index contributed by atoms with van der Waals surface area (Å²) in [5, 5.41) is 13.3. The first-order chi connectivity index (χ1) is 10.7. The van der Waals surface area contributed by atoms with E-state index < -0.39 is 5.60 Å². The molecule has 0 saturated heterocycles. The van der Waals surface area contributed by atoms with Crippen molar-refractivity contribution < 1.29 is 19.1 Å². The maximum atomic E-state index is 12.2. The summed E-state index contributed by atoms with van der Waals surface area (Å²) in [6, 6.07) is 8.17. The molecule has 23 heavy (non-hydrogen) atoms. The molecule has 0 bridgehead atoms. The number of nitrogens with one attached hydrogen (secondary N) is 1. The third-order valence-electron chi connectivity index (χ3n) is 3.77. The summed E-state index contributed by atoms with van der Waals surface area (Å²) in [4.78, 5) is 23.4. The lowest BCUT2D eigenvalue weighted by atomic mass is 9.96.